The molecule has 2 amide bonds. The lowest BCUT2D eigenvalue weighted by molar-refractivity contribution is -0.155. The second-order valence-electron chi connectivity index (χ2n) is 17.8. The molecule has 0 aliphatic rings. The van der Waals surface area contributed by atoms with E-state index in [4.69, 9.17) is 13.9 Å². The molecule has 0 fully saturated rings. The monoisotopic (exact) mass is 849 g/mol. The number of pyridine rings is 1. The molecule has 0 spiro atoms. The lowest BCUT2D eigenvalue weighted by Gasteiger charge is -2.41. The van der Waals surface area contributed by atoms with Gasteiger partial charge in [-0.2, -0.15) is 0 Å². The molecular weight excluding hydrogens is 791 g/mol. The van der Waals surface area contributed by atoms with E-state index in [0.717, 1.165) is 16.5 Å². The van der Waals surface area contributed by atoms with Gasteiger partial charge in [0.15, 0.2) is 8.32 Å². The number of aromatic nitrogens is 1. The van der Waals surface area contributed by atoms with Gasteiger partial charge in [0.2, 0.25) is 11.2 Å². The fraction of sp³-hybridized carbons (Fsp3) is 0.375. The van der Waals surface area contributed by atoms with Gasteiger partial charge in [-0.3, -0.25) is 9.59 Å². The molecular formula is C48H59N3O9Si. The van der Waals surface area contributed by atoms with Crippen molar-refractivity contribution in [3.05, 3.63) is 147 Å². The van der Waals surface area contributed by atoms with E-state index >= 15 is 0 Å². The maximum absolute atomic E-state index is 14.0. The maximum Gasteiger partial charge on any atom is 0.410 e. The standard InChI is InChI=1S/C48H59N3O9Si/c1-46(2,3)59-45(56)51(29-16-15-28-49-43(53)34-20-17-23-36(30-34)48(57,44(54)55)35-21-13-10-14-22-35)31-40(60-61(7,8)47(4,5)6)37-24-26-39(42-38(37)25-27-41(52)50-42)58-32-33-18-11-9-12-19-33/h9-14,17-27,30,40,57H,15-16,28-29,31-32H2,1-8H3,(H,49,53)(H,50,52)(H,54,55)/t40-,48?/m0/s1. The highest BCUT2D eigenvalue weighted by molar-refractivity contribution is 6.74. The van der Waals surface area contributed by atoms with Gasteiger partial charge in [-0.25, -0.2) is 9.59 Å². The van der Waals surface area contributed by atoms with Crippen LogP contribution >= 0.6 is 0 Å². The Morgan fingerprint density at radius 3 is 2.11 bits per heavy atom. The van der Waals surface area contributed by atoms with Gasteiger partial charge in [-0.15, -0.1) is 0 Å². The summed E-state index contributed by atoms with van der Waals surface area (Å²) >= 11 is 0. The van der Waals surface area contributed by atoms with Gasteiger partial charge >= 0.3 is 12.1 Å². The normalized spacial score (nSPS) is 13.5. The Kier molecular flexibility index (Phi) is 14.7. The Bertz CT molecular complexity index is 2350. The van der Waals surface area contributed by atoms with Gasteiger partial charge in [0.1, 0.15) is 18.0 Å². The first kappa shape index (κ1) is 46.3. The highest BCUT2D eigenvalue weighted by atomic mass is 28.4. The van der Waals surface area contributed by atoms with Crippen LogP contribution in [0.5, 0.6) is 5.75 Å². The summed E-state index contributed by atoms with van der Waals surface area (Å²) in [6.45, 7) is 17.2. The third-order valence-electron chi connectivity index (χ3n) is 10.9. The first-order valence-corrected chi connectivity index (χ1v) is 23.5. The largest absolute Gasteiger partial charge is 0.487 e. The summed E-state index contributed by atoms with van der Waals surface area (Å²) in [5.74, 6) is -1.38. The number of nitrogens with zero attached hydrogens (tertiary/aromatic N) is 1. The Balaban J connectivity index is 1.37. The van der Waals surface area contributed by atoms with Gasteiger partial charge < -0.3 is 39.3 Å². The van der Waals surface area contributed by atoms with E-state index in [1.807, 2.05) is 63.2 Å². The van der Waals surface area contributed by atoms with E-state index in [-0.39, 0.29) is 46.9 Å². The average Bonchev–Trinajstić information content (AvgIpc) is 3.21. The van der Waals surface area contributed by atoms with Crippen molar-refractivity contribution in [3.63, 3.8) is 0 Å². The molecule has 0 bridgehead atoms. The lowest BCUT2D eigenvalue weighted by Crippen LogP contribution is -2.46. The first-order chi connectivity index (χ1) is 28.7. The summed E-state index contributed by atoms with van der Waals surface area (Å²) in [5.41, 5.74) is -0.697. The fourth-order valence-electron chi connectivity index (χ4n) is 6.61. The fourth-order valence-corrected chi connectivity index (χ4v) is 7.88. The van der Waals surface area contributed by atoms with Crippen LogP contribution in [0.1, 0.15) is 93.1 Å². The van der Waals surface area contributed by atoms with Crippen LogP contribution in [0.2, 0.25) is 18.1 Å². The number of H-pyrrole nitrogens is 1. The Morgan fingerprint density at radius 2 is 1.48 bits per heavy atom. The number of aliphatic hydroxyl groups is 1. The van der Waals surface area contributed by atoms with Crippen molar-refractivity contribution in [2.45, 2.75) is 96.4 Å². The molecule has 0 aliphatic carbocycles. The number of hydrogen-bond acceptors (Lipinski definition) is 8. The van der Waals surface area contributed by atoms with E-state index in [2.05, 4.69) is 44.2 Å². The summed E-state index contributed by atoms with van der Waals surface area (Å²) in [5, 5.41) is 24.8. The van der Waals surface area contributed by atoms with Crippen LogP contribution in [-0.2, 0) is 26.2 Å². The van der Waals surface area contributed by atoms with E-state index in [1.165, 1.54) is 36.4 Å². The van der Waals surface area contributed by atoms with Crippen molar-refractivity contribution < 1.29 is 38.5 Å². The van der Waals surface area contributed by atoms with Crippen LogP contribution in [0.15, 0.2) is 114 Å². The van der Waals surface area contributed by atoms with Crippen molar-refractivity contribution in [2.24, 2.45) is 0 Å². The molecule has 61 heavy (non-hydrogen) atoms. The number of aliphatic carboxylic acids is 1. The number of fused-ring (bicyclic) bond motifs is 1. The number of carbonyl (C=O) groups is 3. The third kappa shape index (κ3) is 11.7. The number of unbranched alkanes of at least 4 members (excludes halogenated alkanes) is 1. The molecule has 2 atom stereocenters. The molecule has 1 unspecified atom stereocenters. The molecule has 0 saturated heterocycles. The SMILES string of the molecule is CC(C)(C)OC(=O)N(CCCCNC(=O)c1cccc(C(O)(C(=O)O)c2ccccc2)c1)C[C@H](O[Si](C)(C)C(C)(C)C)c1ccc(OCc2ccccc2)c2[nH]c(=O)ccc12. The van der Waals surface area contributed by atoms with Crippen molar-refractivity contribution >= 4 is 37.2 Å². The Labute approximate surface area is 359 Å². The van der Waals surface area contributed by atoms with E-state index in [9.17, 15) is 29.4 Å². The number of aromatic amines is 1. The summed E-state index contributed by atoms with van der Waals surface area (Å²) in [6.07, 6.45) is -0.127. The molecule has 0 radical (unpaired) electrons. The lowest BCUT2D eigenvalue weighted by atomic mass is 9.85. The van der Waals surface area contributed by atoms with Crippen molar-refractivity contribution in [2.75, 3.05) is 19.6 Å². The van der Waals surface area contributed by atoms with Gasteiger partial charge in [0.25, 0.3) is 5.91 Å². The molecule has 5 rings (SSSR count). The van der Waals surface area contributed by atoms with Gasteiger partial charge in [0.05, 0.1) is 18.2 Å². The highest BCUT2D eigenvalue weighted by Crippen LogP contribution is 2.42. The zero-order chi connectivity index (χ0) is 44.6. The van der Waals surface area contributed by atoms with Gasteiger partial charge in [-0.05, 0) is 92.7 Å². The summed E-state index contributed by atoms with van der Waals surface area (Å²) < 4.78 is 19.3. The highest BCUT2D eigenvalue weighted by Gasteiger charge is 2.42. The number of benzene rings is 4. The second-order valence-corrected chi connectivity index (χ2v) is 22.5. The molecule has 0 saturated carbocycles. The van der Waals surface area contributed by atoms with Crippen LogP contribution in [0.25, 0.3) is 10.9 Å². The van der Waals surface area contributed by atoms with E-state index in [1.54, 1.807) is 35.2 Å². The first-order valence-electron chi connectivity index (χ1n) is 20.6. The molecule has 324 valence electrons. The number of carboxylic acids is 1. The molecule has 5 aromatic rings. The van der Waals surface area contributed by atoms with Crippen molar-refractivity contribution in [3.8, 4) is 5.75 Å². The van der Waals surface area contributed by atoms with Crippen LogP contribution in [-0.4, -0.2) is 71.6 Å². The van der Waals surface area contributed by atoms with Gasteiger partial charge in [-0.1, -0.05) is 99.6 Å². The van der Waals surface area contributed by atoms with E-state index in [0.29, 0.717) is 30.7 Å². The van der Waals surface area contributed by atoms with Crippen molar-refractivity contribution in [1.29, 1.82) is 0 Å². The molecule has 1 heterocycles. The molecule has 4 aromatic carbocycles. The minimum atomic E-state index is -2.48. The number of carboxylic acid groups (broad SMARTS) is 1. The summed E-state index contributed by atoms with van der Waals surface area (Å²) in [6, 6.07) is 30.7. The topological polar surface area (TPSA) is 167 Å². The minimum Gasteiger partial charge on any atom is -0.487 e. The van der Waals surface area contributed by atoms with Crippen LogP contribution in [0, 0.1) is 0 Å². The van der Waals surface area contributed by atoms with Gasteiger partial charge in [0, 0.05) is 35.7 Å². The van der Waals surface area contributed by atoms with E-state index < -0.39 is 43.6 Å². The Hall–Kier alpha value is -5.76. The van der Waals surface area contributed by atoms with Crippen LogP contribution < -0.4 is 15.6 Å². The smallest absolute Gasteiger partial charge is 0.410 e. The molecule has 12 nitrogen and oxygen atoms in total. The molecule has 0 aliphatic heterocycles. The predicted molar refractivity (Wildman–Crippen MR) is 239 cm³/mol. The maximum atomic E-state index is 14.0. The number of nitrogens with one attached hydrogen (secondary N) is 2. The number of ether oxygens (including phenoxy) is 2. The molecule has 4 N–H and O–H groups in total. The number of amides is 2. The predicted octanol–water partition coefficient (Wildman–Crippen LogP) is 8.94. The number of carbonyl (C=O) groups excluding carboxylic acids is 2. The zero-order valence-corrected chi connectivity index (χ0v) is 37.4. The molecule has 1 aromatic heterocycles. The van der Waals surface area contributed by atoms with Crippen LogP contribution in [0.3, 0.4) is 0 Å². The number of hydrogen-bond donors (Lipinski definition) is 4. The third-order valence-corrected chi connectivity index (χ3v) is 15.4. The van der Waals surface area contributed by atoms with Crippen LogP contribution in [0.4, 0.5) is 4.79 Å². The Morgan fingerprint density at radius 1 is 0.820 bits per heavy atom. The van der Waals surface area contributed by atoms with Crippen molar-refractivity contribution in [1.82, 2.24) is 15.2 Å². The summed E-state index contributed by atoms with van der Waals surface area (Å²) in [4.78, 5) is 56.9. The zero-order valence-electron chi connectivity index (χ0n) is 36.4. The molecule has 13 heteroatoms. The second kappa shape index (κ2) is 19.3. The average molecular weight is 850 g/mol. The number of rotatable bonds is 17. The summed E-state index contributed by atoms with van der Waals surface area (Å²) in [7, 11) is -2.48. The minimum absolute atomic E-state index is 0.0508. The quantitative estimate of drug-likeness (QED) is 0.0528.